The van der Waals surface area contributed by atoms with E-state index in [0.29, 0.717) is 6.42 Å². The van der Waals surface area contributed by atoms with Crippen LogP contribution < -0.4 is 0 Å². The number of ether oxygens (including phenoxy) is 1. The summed E-state index contributed by atoms with van der Waals surface area (Å²) in [6.07, 6.45) is 2.75. The largest absolute Gasteiger partial charge is 0.471 e. The summed E-state index contributed by atoms with van der Waals surface area (Å²) < 4.78 is 3.43. The van der Waals surface area contributed by atoms with Crippen molar-refractivity contribution >= 4 is 40.7 Å². The van der Waals surface area contributed by atoms with E-state index in [9.17, 15) is 0 Å². The molecule has 0 fully saturated rings. The number of hydrogen-bond acceptors (Lipinski definition) is 2. The van der Waals surface area contributed by atoms with Crippen molar-refractivity contribution in [2.75, 3.05) is 0 Å². The van der Waals surface area contributed by atoms with Gasteiger partial charge in [-0.1, -0.05) is 77.8 Å². The molecule has 0 bridgehead atoms. The average Bonchev–Trinajstić information content (AvgIpc) is 2.34. The van der Waals surface area contributed by atoms with Crippen LogP contribution in [0.5, 0.6) is 0 Å². The van der Waals surface area contributed by atoms with Crippen molar-refractivity contribution < 1.29 is 4.74 Å². The minimum absolute atomic E-state index is 0.340. The molecule has 1 aromatic carbocycles. The Bertz CT molecular complexity index is 400. The Morgan fingerprint density at radius 2 is 1.94 bits per heavy atom. The zero-order chi connectivity index (χ0) is 13.6. The Kier molecular flexibility index (Phi) is 6.00. The Morgan fingerprint density at radius 1 is 1.33 bits per heavy atom. The molecule has 98 valence electrons. The Balaban J connectivity index is 2.48. The third-order valence-corrected chi connectivity index (χ3v) is 2.86. The molecule has 0 unspecified atom stereocenters. The number of aryl methyl sites for hydroxylation is 1. The van der Waals surface area contributed by atoms with E-state index in [4.69, 9.17) is 44.9 Å². The number of rotatable bonds is 5. The van der Waals surface area contributed by atoms with Gasteiger partial charge in [-0.15, -0.1) is 0 Å². The fourth-order valence-corrected chi connectivity index (χ4v) is 1.53. The zero-order valence-corrected chi connectivity index (χ0v) is 12.0. The van der Waals surface area contributed by atoms with Crippen molar-refractivity contribution in [3.8, 4) is 0 Å². The molecule has 0 saturated heterocycles. The summed E-state index contributed by atoms with van der Waals surface area (Å²) in [7, 11) is 0. The third-order valence-electron chi connectivity index (χ3n) is 2.35. The molecule has 0 saturated carbocycles. The first-order valence-electron chi connectivity index (χ1n) is 5.42. The summed E-state index contributed by atoms with van der Waals surface area (Å²) in [5.74, 6) is -0.384. The minimum Gasteiger partial charge on any atom is -0.471 e. The highest BCUT2D eigenvalue weighted by Gasteiger charge is 2.30. The second-order valence-electron chi connectivity index (χ2n) is 3.74. The highest BCUT2D eigenvalue weighted by Crippen LogP contribution is 2.28. The van der Waals surface area contributed by atoms with Gasteiger partial charge in [-0.2, -0.15) is 0 Å². The summed E-state index contributed by atoms with van der Waals surface area (Å²) >= 11 is 16.6. The van der Waals surface area contributed by atoms with Gasteiger partial charge in [-0.05, 0) is 18.4 Å². The zero-order valence-electron chi connectivity index (χ0n) is 9.70. The maximum atomic E-state index is 7.49. The molecule has 18 heavy (non-hydrogen) atoms. The topological polar surface area (TPSA) is 33.1 Å². The van der Waals surface area contributed by atoms with Crippen LogP contribution in [-0.4, -0.2) is 15.8 Å². The Labute approximate surface area is 122 Å². The number of alkyl halides is 3. The van der Waals surface area contributed by atoms with Crippen LogP contribution in [0.25, 0.3) is 0 Å². The van der Waals surface area contributed by atoms with Crippen molar-refractivity contribution in [3.05, 3.63) is 48.6 Å². The molecular weight excluding hydrogens is 293 g/mol. The van der Waals surface area contributed by atoms with Crippen LogP contribution in [0.15, 0.2) is 43.0 Å². The van der Waals surface area contributed by atoms with Crippen LogP contribution >= 0.6 is 34.8 Å². The van der Waals surface area contributed by atoms with Gasteiger partial charge in [0.1, 0.15) is 6.10 Å². The lowest BCUT2D eigenvalue weighted by Crippen LogP contribution is -2.26. The van der Waals surface area contributed by atoms with E-state index in [2.05, 4.69) is 6.58 Å². The van der Waals surface area contributed by atoms with Gasteiger partial charge in [0.15, 0.2) is 0 Å². The fraction of sp³-hybridized carbons (Fsp3) is 0.308. The van der Waals surface area contributed by atoms with E-state index in [-0.39, 0.29) is 12.0 Å². The highest BCUT2D eigenvalue weighted by molar-refractivity contribution is 6.76. The van der Waals surface area contributed by atoms with Crippen LogP contribution in [0.2, 0.25) is 0 Å². The number of hydrogen-bond donors (Lipinski definition) is 1. The van der Waals surface area contributed by atoms with E-state index >= 15 is 0 Å². The molecule has 0 radical (unpaired) electrons. The summed E-state index contributed by atoms with van der Waals surface area (Å²) in [6, 6.07) is 9.97. The standard InChI is InChI=1S/C13H14Cl3NO/c1-2-11(18-12(17)13(14,15)16)9-8-10-6-4-3-5-7-10/h2-7,11,17H,1,8-9H2/t11-/m1/s1. The molecular formula is C13H14Cl3NO. The SMILES string of the molecule is C=C[C@H](CCc1ccccc1)OC(=N)C(Cl)(Cl)Cl. The second-order valence-corrected chi connectivity index (χ2v) is 6.02. The lowest BCUT2D eigenvalue weighted by Gasteiger charge is -2.19. The van der Waals surface area contributed by atoms with E-state index in [1.807, 2.05) is 30.3 Å². The van der Waals surface area contributed by atoms with Crippen LogP contribution in [0.1, 0.15) is 12.0 Å². The monoisotopic (exact) mass is 305 g/mol. The van der Waals surface area contributed by atoms with Gasteiger partial charge in [0, 0.05) is 0 Å². The van der Waals surface area contributed by atoms with Crippen molar-refractivity contribution in [1.29, 1.82) is 5.41 Å². The first kappa shape index (κ1) is 15.4. The first-order valence-corrected chi connectivity index (χ1v) is 6.55. The molecule has 2 nitrogen and oxygen atoms in total. The van der Waals surface area contributed by atoms with Gasteiger partial charge in [0.25, 0.3) is 3.79 Å². The van der Waals surface area contributed by atoms with Gasteiger partial charge in [-0.25, -0.2) is 0 Å². The van der Waals surface area contributed by atoms with Crippen LogP contribution in [0.4, 0.5) is 0 Å². The fourth-order valence-electron chi connectivity index (χ4n) is 1.40. The third kappa shape index (κ3) is 5.30. The van der Waals surface area contributed by atoms with Crippen molar-refractivity contribution in [2.24, 2.45) is 0 Å². The predicted molar refractivity (Wildman–Crippen MR) is 77.8 cm³/mol. The molecule has 0 aliphatic heterocycles. The van der Waals surface area contributed by atoms with Crippen molar-refractivity contribution in [2.45, 2.75) is 22.7 Å². The molecule has 0 aliphatic rings. The summed E-state index contributed by atoms with van der Waals surface area (Å²) in [4.78, 5) is 0. The van der Waals surface area contributed by atoms with Gasteiger partial charge >= 0.3 is 0 Å². The quantitative estimate of drug-likeness (QED) is 0.368. The van der Waals surface area contributed by atoms with Gasteiger partial charge in [0.05, 0.1) is 0 Å². The molecule has 1 aromatic rings. The minimum atomic E-state index is -1.83. The van der Waals surface area contributed by atoms with Gasteiger partial charge in [-0.3, -0.25) is 5.41 Å². The lowest BCUT2D eigenvalue weighted by molar-refractivity contribution is 0.219. The smallest absolute Gasteiger partial charge is 0.265 e. The highest BCUT2D eigenvalue weighted by atomic mass is 35.6. The van der Waals surface area contributed by atoms with E-state index in [0.717, 1.165) is 6.42 Å². The molecule has 0 amide bonds. The number of benzene rings is 1. The molecule has 0 spiro atoms. The molecule has 1 atom stereocenters. The summed E-state index contributed by atoms with van der Waals surface area (Å²) in [5.41, 5.74) is 1.19. The van der Waals surface area contributed by atoms with E-state index in [1.54, 1.807) is 6.08 Å². The van der Waals surface area contributed by atoms with E-state index < -0.39 is 3.79 Å². The normalized spacial score (nSPS) is 12.8. The molecule has 1 N–H and O–H groups in total. The summed E-state index contributed by atoms with van der Waals surface area (Å²) in [5, 5.41) is 7.49. The molecule has 0 aliphatic carbocycles. The van der Waals surface area contributed by atoms with Gasteiger partial charge < -0.3 is 4.74 Å². The van der Waals surface area contributed by atoms with Crippen LogP contribution in [0, 0.1) is 5.41 Å². The molecule has 0 aromatic heterocycles. The molecule has 1 rings (SSSR count). The molecule has 0 heterocycles. The number of nitrogens with one attached hydrogen (secondary N) is 1. The first-order chi connectivity index (χ1) is 8.43. The lowest BCUT2D eigenvalue weighted by atomic mass is 10.1. The maximum absolute atomic E-state index is 7.49. The molecule has 5 heteroatoms. The Hall–Kier alpha value is -0.700. The predicted octanol–water partition coefficient (Wildman–Crippen LogP) is 4.54. The van der Waals surface area contributed by atoms with Crippen LogP contribution in [-0.2, 0) is 11.2 Å². The second kappa shape index (κ2) is 7.03. The van der Waals surface area contributed by atoms with E-state index in [1.165, 1.54) is 5.56 Å². The average molecular weight is 307 g/mol. The van der Waals surface area contributed by atoms with Gasteiger partial charge in [0.2, 0.25) is 5.90 Å². The van der Waals surface area contributed by atoms with Crippen molar-refractivity contribution in [3.63, 3.8) is 0 Å². The maximum Gasteiger partial charge on any atom is 0.265 e. The van der Waals surface area contributed by atoms with Crippen molar-refractivity contribution in [1.82, 2.24) is 0 Å². The number of halogens is 3. The van der Waals surface area contributed by atoms with Crippen LogP contribution in [0.3, 0.4) is 0 Å². The Morgan fingerprint density at radius 3 is 2.44 bits per heavy atom. The summed E-state index contributed by atoms with van der Waals surface area (Å²) in [6.45, 7) is 3.66.